The smallest absolute Gasteiger partial charge is 0.291 e. The largest absolute Gasteiger partial charge is 0.390 e. The number of aromatic nitrogens is 3. The third kappa shape index (κ3) is 4.80. The van der Waals surface area contributed by atoms with Crippen LogP contribution in [0.4, 0.5) is 0 Å². The number of aliphatic hydroxyl groups excluding tert-OH is 1. The van der Waals surface area contributed by atoms with Crippen molar-refractivity contribution in [2.75, 3.05) is 26.2 Å². The minimum Gasteiger partial charge on any atom is -0.390 e. The molecule has 3 heterocycles. The molecule has 184 valence electrons. The normalized spacial score (nSPS) is 14.8. The molecule has 9 nitrogen and oxygen atoms in total. The molecule has 0 spiro atoms. The van der Waals surface area contributed by atoms with E-state index >= 15 is 0 Å². The molecule has 1 aliphatic heterocycles. The van der Waals surface area contributed by atoms with Crippen molar-refractivity contribution in [2.24, 2.45) is 0 Å². The molecular weight excluding hydrogens is 502 g/mol. The lowest BCUT2D eigenvalue weighted by atomic mass is 10.1. The number of aliphatic hydroxyl groups is 1. The lowest BCUT2D eigenvalue weighted by Gasteiger charge is -2.33. The average Bonchev–Trinajstić information content (AvgIpc) is 2.92. The van der Waals surface area contributed by atoms with Gasteiger partial charge in [-0.25, -0.2) is 18.4 Å². The number of benzene rings is 2. The molecule has 0 aliphatic carbocycles. The first kappa shape index (κ1) is 24.3. The number of halogens is 1. The summed E-state index contributed by atoms with van der Waals surface area (Å²) in [5.41, 5.74) is 1.74. The van der Waals surface area contributed by atoms with Gasteiger partial charge < -0.3 is 10.0 Å². The highest BCUT2D eigenvalue weighted by Crippen LogP contribution is 2.25. The zero-order valence-corrected chi connectivity index (χ0v) is 20.7. The summed E-state index contributed by atoms with van der Waals surface area (Å²) in [6.07, 6.45) is 3.02. The molecule has 1 fully saturated rings. The van der Waals surface area contributed by atoms with Crippen LogP contribution in [0.15, 0.2) is 71.9 Å². The second kappa shape index (κ2) is 9.90. The van der Waals surface area contributed by atoms with Crippen LogP contribution in [0.5, 0.6) is 0 Å². The molecule has 0 radical (unpaired) electrons. The molecule has 0 atom stereocenters. The molecule has 1 aliphatic rings. The van der Waals surface area contributed by atoms with E-state index in [9.17, 15) is 18.3 Å². The van der Waals surface area contributed by atoms with Gasteiger partial charge in [0.25, 0.3) is 5.91 Å². The van der Waals surface area contributed by atoms with Crippen molar-refractivity contribution >= 4 is 38.3 Å². The van der Waals surface area contributed by atoms with Gasteiger partial charge in [-0.1, -0.05) is 29.8 Å². The van der Waals surface area contributed by atoms with Crippen LogP contribution in [0.25, 0.3) is 22.0 Å². The topological polar surface area (TPSA) is 117 Å². The number of amides is 1. The Bertz CT molecular complexity index is 1540. The monoisotopic (exact) mass is 523 g/mol. The molecule has 5 rings (SSSR count). The second-order valence-electron chi connectivity index (χ2n) is 8.32. The highest BCUT2D eigenvalue weighted by Gasteiger charge is 2.31. The van der Waals surface area contributed by atoms with Crippen LogP contribution in [0.2, 0.25) is 5.02 Å². The van der Waals surface area contributed by atoms with E-state index in [2.05, 4.69) is 15.0 Å². The summed E-state index contributed by atoms with van der Waals surface area (Å²) in [7, 11) is -3.71. The summed E-state index contributed by atoms with van der Waals surface area (Å²) >= 11 is 6.02. The lowest BCUT2D eigenvalue weighted by molar-refractivity contribution is 0.0685. The number of carbonyl (C=O) groups excluding carboxylic acids is 1. The van der Waals surface area contributed by atoms with Gasteiger partial charge in [-0.05, 0) is 47.2 Å². The predicted molar refractivity (Wildman–Crippen MR) is 135 cm³/mol. The fourth-order valence-corrected chi connectivity index (χ4v) is 5.71. The Hall–Kier alpha value is -3.44. The number of sulfonamides is 1. The molecular formula is C25H22ClN5O4S. The maximum Gasteiger partial charge on any atom is 0.291 e. The third-order valence-electron chi connectivity index (χ3n) is 6.05. The quantitative estimate of drug-likeness (QED) is 0.427. The molecule has 11 heteroatoms. The van der Waals surface area contributed by atoms with E-state index in [4.69, 9.17) is 11.6 Å². The van der Waals surface area contributed by atoms with Gasteiger partial charge in [-0.15, -0.1) is 0 Å². The Morgan fingerprint density at radius 2 is 1.64 bits per heavy atom. The van der Waals surface area contributed by atoms with E-state index in [-0.39, 0.29) is 49.4 Å². The van der Waals surface area contributed by atoms with Crippen molar-refractivity contribution in [2.45, 2.75) is 11.5 Å². The van der Waals surface area contributed by atoms with Crippen LogP contribution >= 0.6 is 11.6 Å². The van der Waals surface area contributed by atoms with E-state index < -0.39 is 10.0 Å². The van der Waals surface area contributed by atoms with E-state index in [0.29, 0.717) is 22.0 Å². The third-order valence-corrected chi connectivity index (χ3v) is 8.17. The van der Waals surface area contributed by atoms with E-state index in [1.54, 1.807) is 59.5 Å². The lowest BCUT2D eigenvalue weighted by Crippen LogP contribution is -2.50. The van der Waals surface area contributed by atoms with Gasteiger partial charge in [0.2, 0.25) is 15.8 Å². The van der Waals surface area contributed by atoms with Crippen LogP contribution in [-0.4, -0.2) is 69.8 Å². The van der Waals surface area contributed by atoms with Crippen LogP contribution in [-0.2, 0) is 16.6 Å². The average molecular weight is 524 g/mol. The predicted octanol–water partition coefficient (Wildman–Crippen LogP) is 2.98. The molecule has 36 heavy (non-hydrogen) atoms. The zero-order chi connectivity index (χ0) is 25.3. The molecule has 0 saturated carbocycles. The first-order chi connectivity index (χ1) is 17.3. The van der Waals surface area contributed by atoms with E-state index in [1.807, 2.05) is 0 Å². The fraction of sp³-hybridized carbons (Fsp3) is 0.200. The molecule has 4 aromatic rings. The van der Waals surface area contributed by atoms with Crippen molar-refractivity contribution in [3.63, 3.8) is 0 Å². The summed E-state index contributed by atoms with van der Waals surface area (Å²) in [4.78, 5) is 27.4. The molecule has 1 saturated heterocycles. The van der Waals surface area contributed by atoms with E-state index in [0.717, 1.165) is 10.8 Å². The number of rotatable bonds is 5. The summed E-state index contributed by atoms with van der Waals surface area (Å²) in [5.74, 6) is -0.334. The van der Waals surface area contributed by atoms with E-state index in [1.165, 1.54) is 16.7 Å². The first-order valence-corrected chi connectivity index (χ1v) is 13.0. The van der Waals surface area contributed by atoms with Crippen LogP contribution in [0.1, 0.15) is 16.3 Å². The molecule has 1 amide bonds. The van der Waals surface area contributed by atoms with Gasteiger partial charge >= 0.3 is 0 Å². The molecule has 0 unspecified atom stereocenters. The molecule has 1 N–H and O–H groups in total. The van der Waals surface area contributed by atoms with Crippen molar-refractivity contribution < 1.29 is 18.3 Å². The molecule has 2 aromatic carbocycles. The van der Waals surface area contributed by atoms with Crippen molar-refractivity contribution in [3.05, 3.63) is 83.5 Å². The zero-order valence-electron chi connectivity index (χ0n) is 19.1. The highest BCUT2D eigenvalue weighted by molar-refractivity contribution is 7.89. The number of piperazine rings is 1. The van der Waals surface area contributed by atoms with Gasteiger partial charge in [-0.3, -0.25) is 9.78 Å². The van der Waals surface area contributed by atoms with Gasteiger partial charge in [0.15, 0.2) is 0 Å². The molecule has 2 aromatic heterocycles. The van der Waals surface area contributed by atoms with Gasteiger partial charge in [0.1, 0.15) is 0 Å². The Morgan fingerprint density at radius 3 is 2.36 bits per heavy atom. The van der Waals surface area contributed by atoms with Crippen molar-refractivity contribution in [3.8, 4) is 11.3 Å². The minimum atomic E-state index is -3.71. The number of nitrogens with zero attached hydrogens (tertiary/aromatic N) is 5. The maximum absolute atomic E-state index is 13.2. The Labute approximate surface area is 213 Å². The van der Waals surface area contributed by atoms with Crippen LogP contribution in [0.3, 0.4) is 0 Å². The van der Waals surface area contributed by atoms with Crippen molar-refractivity contribution in [1.29, 1.82) is 0 Å². The number of hydrogen-bond donors (Lipinski definition) is 1. The Kier molecular flexibility index (Phi) is 6.67. The number of pyridine rings is 1. The Balaban J connectivity index is 1.26. The number of carbonyl (C=O) groups is 1. The summed E-state index contributed by atoms with van der Waals surface area (Å²) in [6, 6.07) is 15.5. The first-order valence-electron chi connectivity index (χ1n) is 11.2. The van der Waals surface area contributed by atoms with Crippen molar-refractivity contribution in [1.82, 2.24) is 24.2 Å². The summed E-state index contributed by atoms with van der Waals surface area (Å²) in [6.45, 7) is 0.618. The van der Waals surface area contributed by atoms with Gasteiger partial charge in [0, 0.05) is 49.2 Å². The van der Waals surface area contributed by atoms with Gasteiger partial charge in [0.05, 0.1) is 22.9 Å². The van der Waals surface area contributed by atoms with Crippen LogP contribution in [0, 0.1) is 0 Å². The Morgan fingerprint density at radius 1 is 0.944 bits per heavy atom. The van der Waals surface area contributed by atoms with Gasteiger partial charge in [-0.2, -0.15) is 4.31 Å². The summed E-state index contributed by atoms with van der Waals surface area (Å²) in [5, 5.41) is 11.5. The van der Waals surface area contributed by atoms with Crippen LogP contribution < -0.4 is 0 Å². The number of hydrogen-bond acceptors (Lipinski definition) is 7. The fourth-order valence-electron chi connectivity index (χ4n) is 4.08. The second-order valence-corrected chi connectivity index (χ2v) is 10.7. The number of fused-ring (bicyclic) bond motifs is 1. The summed E-state index contributed by atoms with van der Waals surface area (Å²) < 4.78 is 27.8. The minimum absolute atomic E-state index is 0.0292. The maximum atomic E-state index is 13.2. The SMILES string of the molecule is O=C(c1ncc(-c2cccc(CO)n2)cn1)N1CCN(S(=O)(=O)c2ccc3cc(Cl)ccc3c2)CC1. The highest BCUT2D eigenvalue weighted by atomic mass is 35.5. The standard InChI is InChI=1S/C25H22ClN5O4S/c26-20-6-4-18-13-22(7-5-17(18)12-20)36(34,35)31-10-8-30(9-11-31)25(33)24-27-14-19(15-28-24)23-3-1-2-21(16-32)29-23/h1-7,12-15,32H,8-11,16H2. The molecule has 0 bridgehead atoms.